The van der Waals surface area contributed by atoms with E-state index < -0.39 is 17.7 Å². The fourth-order valence-corrected chi connectivity index (χ4v) is 3.29. The molecule has 19 heavy (non-hydrogen) atoms. The average molecular weight is 268 g/mol. The van der Waals surface area contributed by atoms with Crippen molar-refractivity contribution in [1.82, 2.24) is 0 Å². The van der Waals surface area contributed by atoms with Crippen LogP contribution in [-0.2, 0) is 6.42 Å². The molecule has 1 aromatic carbocycles. The number of hydrogen-bond donors (Lipinski definition) is 1. The van der Waals surface area contributed by atoms with Crippen LogP contribution in [0, 0.1) is 23.0 Å². The average Bonchev–Trinajstić information content (AvgIpc) is 2.32. The van der Waals surface area contributed by atoms with Crippen molar-refractivity contribution in [2.75, 3.05) is 0 Å². The molecule has 1 aromatic rings. The Hall–Kier alpha value is -0.960. The highest BCUT2D eigenvalue weighted by Crippen LogP contribution is 2.43. The van der Waals surface area contributed by atoms with Gasteiger partial charge in [0.25, 0.3) is 0 Å². The number of halogens is 2. The third kappa shape index (κ3) is 3.33. The smallest absolute Gasteiger partial charge is 0.129 e. The molecule has 106 valence electrons. The Morgan fingerprint density at radius 1 is 1.32 bits per heavy atom. The third-order valence-electron chi connectivity index (χ3n) is 4.50. The van der Waals surface area contributed by atoms with Gasteiger partial charge in [0.2, 0.25) is 0 Å². The fraction of sp³-hybridized carbons (Fsp3) is 0.625. The standard InChI is InChI=1S/C16H22F2O/c1-16(2)8-4-3-5-13(16)15(19)9-11-6-7-12(17)10-14(11)18/h6-7,10,13,15,19H,3-5,8-9H2,1-2H3. The molecule has 2 unspecified atom stereocenters. The van der Waals surface area contributed by atoms with E-state index in [1.165, 1.54) is 18.6 Å². The van der Waals surface area contributed by atoms with Crippen molar-refractivity contribution in [3.05, 3.63) is 35.4 Å². The van der Waals surface area contributed by atoms with Gasteiger partial charge in [0.15, 0.2) is 0 Å². The lowest BCUT2D eigenvalue weighted by Crippen LogP contribution is -2.38. The van der Waals surface area contributed by atoms with Crippen LogP contribution in [0.5, 0.6) is 0 Å². The summed E-state index contributed by atoms with van der Waals surface area (Å²) in [6.45, 7) is 4.34. The summed E-state index contributed by atoms with van der Waals surface area (Å²) in [5.41, 5.74) is 0.490. The summed E-state index contributed by atoms with van der Waals surface area (Å²) in [7, 11) is 0. The van der Waals surface area contributed by atoms with Crippen molar-refractivity contribution in [3.63, 3.8) is 0 Å². The quantitative estimate of drug-likeness (QED) is 0.875. The first-order chi connectivity index (χ1) is 8.90. The summed E-state index contributed by atoms with van der Waals surface area (Å²) in [5.74, 6) is -0.952. The largest absolute Gasteiger partial charge is 0.392 e. The molecule has 3 heteroatoms. The molecule has 2 rings (SSSR count). The molecule has 0 heterocycles. The summed E-state index contributed by atoms with van der Waals surface area (Å²) in [6.07, 6.45) is 4.10. The molecule has 1 aliphatic rings. The van der Waals surface area contributed by atoms with Crippen LogP contribution in [0.3, 0.4) is 0 Å². The predicted octanol–water partition coefficient (Wildman–Crippen LogP) is 4.08. The van der Waals surface area contributed by atoms with Crippen molar-refractivity contribution < 1.29 is 13.9 Å². The highest BCUT2D eigenvalue weighted by Gasteiger charge is 2.36. The minimum Gasteiger partial charge on any atom is -0.392 e. The van der Waals surface area contributed by atoms with Crippen LogP contribution in [0.2, 0.25) is 0 Å². The lowest BCUT2D eigenvalue weighted by atomic mass is 9.66. The van der Waals surface area contributed by atoms with Gasteiger partial charge in [-0.1, -0.05) is 32.8 Å². The summed E-state index contributed by atoms with van der Waals surface area (Å²) in [6, 6.07) is 3.56. The monoisotopic (exact) mass is 268 g/mol. The maximum absolute atomic E-state index is 13.6. The van der Waals surface area contributed by atoms with Crippen LogP contribution in [0.15, 0.2) is 18.2 Å². The van der Waals surface area contributed by atoms with Gasteiger partial charge >= 0.3 is 0 Å². The Kier molecular flexibility index (Phi) is 4.24. The lowest BCUT2D eigenvalue weighted by molar-refractivity contribution is 0.00537. The molecule has 0 bridgehead atoms. The van der Waals surface area contributed by atoms with E-state index in [4.69, 9.17) is 0 Å². The van der Waals surface area contributed by atoms with E-state index >= 15 is 0 Å². The fourth-order valence-electron chi connectivity index (χ4n) is 3.29. The second-order valence-electron chi connectivity index (χ2n) is 6.35. The molecule has 1 aliphatic carbocycles. The molecule has 0 amide bonds. The van der Waals surface area contributed by atoms with E-state index in [0.29, 0.717) is 5.56 Å². The van der Waals surface area contributed by atoms with E-state index in [2.05, 4.69) is 13.8 Å². The minimum absolute atomic E-state index is 0.0914. The van der Waals surface area contributed by atoms with Gasteiger partial charge < -0.3 is 5.11 Å². The summed E-state index contributed by atoms with van der Waals surface area (Å²) < 4.78 is 26.5. The zero-order valence-corrected chi connectivity index (χ0v) is 11.6. The van der Waals surface area contributed by atoms with Crippen molar-refractivity contribution in [2.45, 2.75) is 52.1 Å². The second-order valence-corrected chi connectivity index (χ2v) is 6.35. The first-order valence-corrected chi connectivity index (χ1v) is 7.02. The van der Waals surface area contributed by atoms with E-state index in [9.17, 15) is 13.9 Å². The van der Waals surface area contributed by atoms with Crippen LogP contribution in [0.1, 0.15) is 45.1 Å². The molecule has 0 spiro atoms. The van der Waals surface area contributed by atoms with Crippen molar-refractivity contribution in [2.24, 2.45) is 11.3 Å². The van der Waals surface area contributed by atoms with Gasteiger partial charge in [-0.25, -0.2) is 8.78 Å². The molecule has 1 N–H and O–H groups in total. The molecular formula is C16H22F2O. The number of aliphatic hydroxyl groups excluding tert-OH is 1. The molecular weight excluding hydrogens is 246 g/mol. The second kappa shape index (κ2) is 5.58. The maximum Gasteiger partial charge on any atom is 0.129 e. The van der Waals surface area contributed by atoms with Gasteiger partial charge in [0, 0.05) is 12.5 Å². The number of rotatable bonds is 3. The number of hydrogen-bond acceptors (Lipinski definition) is 1. The van der Waals surface area contributed by atoms with Gasteiger partial charge in [-0.05, 0) is 35.8 Å². The van der Waals surface area contributed by atoms with Gasteiger partial charge in [0.1, 0.15) is 11.6 Å². The zero-order valence-electron chi connectivity index (χ0n) is 11.6. The van der Waals surface area contributed by atoms with Crippen LogP contribution in [0.4, 0.5) is 8.78 Å². The summed E-state index contributed by atoms with van der Waals surface area (Å²) in [5, 5.41) is 10.4. The predicted molar refractivity (Wildman–Crippen MR) is 71.8 cm³/mol. The molecule has 0 aromatic heterocycles. The Labute approximate surface area is 113 Å². The first kappa shape index (κ1) is 14.4. The van der Waals surface area contributed by atoms with E-state index in [-0.39, 0.29) is 17.8 Å². The Bertz CT molecular complexity index is 442. The highest BCUT2D eigenvalue weighted by molar-refractivity contribution is 5.19. The Morgan fingerprint density at radius 3 is 2.68 bits per heavy atom. The maximum atomic E-state index is 13.6. The van der Waals surface area contributed by atoms with Gasteiger partial charge in [-0.15, -0.1) is 0 Å². The highest BCUT2D eigenvalue weighted by atomic mass is 19.1. The SMILES string of the molecule is CC1(C)CCCCC1C(O)Cc1ccc(F)cc1F. The topological polar surface area (TPSA) is 20.2 Å². The van der Waals surface area contributed by atoms with Crippen LogP contribution >= 0.6 is 0 Å². The van der Waals surface area contributed by atoms with E-state index in [1.807, 2.05) is 0 Å². The summed E-state index contributed by atoms with van der Waals surface area (Å²) in [4.78, 5) is 0. The van der Waals surface area contributed by atoms with Gasteiger partial charge in [0.05, 0.1) is 6.10 Å². The lowest BCUT2D eigenvalue weighted by Gasteiger charge is -2.41. The molecule has 0 radical (unpaired) electrons. The molecule has 0 saturated heterocycles. The normalized spacial score (nSPS) is 24.2. The molecule has 2 atom stereocenters. The number of aliphatic hydroxyl groups is 1. The van der Waals surface area contributed by atoms with E-state index in [0.717, 1.165) is 25.3 Å². The molecule has 1 fully saturated rings. The third-order valence-corrected chi connectivity index (χ3v) is 4.50. The van der Waals surface area contributed by atoms with E-state index in [1.54, 1.807) is 0 Å². The van der Waals surface area contributed by atoms with Crippen LogP contribution < -0.4 is 0 Å². The minimum atomic E-state index is -0.575. The molecule has 1 saturated carbocycles. The van der Waals surface area contributed by atoms with Crippen molar-refractivity contribution >= 4 is 0 Å². The number of benzene rings is 1. The first-order valence-electron chi connectivity index (χ1n) is 7.02. The Balaban J connectivity index is 2.09. The van der Waals surface area contributed by atoms with Gasteiger partial charge in [-0.3, -0.25) is 0 Å². The van der Waals surface area contributed by atoms with Gasteiger partial charge in [-0.2, -0.15) is 0 Å². The zero-order chi connectivity index (χ0) is 14.0. The molecule has 1 nitrogen and oxygen atoms in total. The molecule has 0 aliphatic heterocycles. The summed E-state index contributed by atoms with van der Waals surface area (Å²) >= 11 is 0. The van der Waals surface area contributed by atoms with Crippen molar-refractivity contribution in [3.8, 4) is 0 Å². The van der Waals surface area contributed by atoms with Crippen LogP contribution in [-0.4, -0.2) is 11.2 Å². The van der Waals surface area contributed by atoms with Crippen LogP contribution in [0.25, 0.3) is 0 Å². The van der Waals surface area contributed by atoms with Crippen molar-refractivity contribution in [1.29, 1.82) is 0 Å². The Morgan fingerprint density at radius 2 is 2.05 bits per heavy atom.